The maximum Gasteiger partial charge on any atom is 0.332 e. The van der Waals surface area contributed by atoms with Gasteiger partial charge in [0.15, 0.2) is 0 Å². The van der Waals surface area contributed by atoms with E-state index < -0.39 is 14.0 Å². The van der Waals surface area contributed by atoms with Crippen molar-refractivity contribution in [3.05, 3.63) is 0 Å². The molecule has 1 aliphatic rings. The van der Waals surface area contributed by atoms with Gasteiger partial charge in [-0.3, -0.25) is 0 Å². The fourth-order valence-corrected chi connectivity index (χ4v) is 2.06. The van der Waals surface area contributed by atoms with Crippen molar-refractivity contribution in [1.29, 1.82) is 0 Å². The van der Waals surface area contributed by atoms with Crippen molar-refractivity contribution in [3.8, 4) is 0 Å². The van der Waals surface area contributed by atoms with Gasteiger partial charge in [0.05, 0.1) is 38.4 Å². The van der Waals surface area contributed by atoms with E-state index in [2.05, 4.69) is 0 Å². The molecule has 0 aromatic rings. The monoisotopic (exact) mass is 210 g/mol. The smallest absolute Gasteiger partial charge is 0.332 e. The minimum atomic E-state index is -1.26. The van der Waals surface area contributed by atoms with Gasteiger partial charge in [0, 0.05) is 0 Å². The second-order valence-corrected chi connectivity index (χ2v) is 4.23. The highest BCUT2D eigenvalue weighted by molar-refractivity contribution is 7.41. The molecule has 1 heterocycles. The third-order valence-corrected chi connectivity index (χ3v) is 3.01. The van der Waals surface area contributed by atoms with Crippen LogP contribution in [0.3, 0.4) is 0 Å². The van der Waals surface area contributed by atoms with E-state index in [1.54, 1.807) is 0 Å². The zero-order chi connectivity index (χ0) is 9.73. The van der Waals surface area contributed by atoms with E-state index in [-0.39, 0.29) is 26.4 Å². The summed E-state index contributed by atoms with van der Waals surface area (Å²) < 4.78 is 15.6. The van der Waals surface area contributed by atoms with Gasteiger partial charge in [-0.1, -0.05) is 0 Å². The van der Waals surface area contributed by atoms with Gasteiger partial charge in [0.2, 0.25) is 0 Å². The van der Waals surface area contributed by atoms with E-state index >= 15 is 0 Å². The lowest BCUT2D eigenvalue weighted by Crippen LogP contribution is -2.41. The average molecular weight is 210 g/mol. The van der Waals surface area contributed by atoms with E-state index in [0.29, 0.717) is 6.61 Å². The summed E-state index contributed by atoms with van der Waals surface area (Å²) in [6.07, 6.45) is 0. The summed E-state index contributed by atoms with van der Waals surface area (Å²) in [6.45, 7) is 2.68. The predicted octanol–water partition coefficient (Wildman–Crippen LogP) is 0.268. The summed E-state index contributed by atoms with van der Waals surface area (Å²) in [4.78, 5) is 0. The van der Waals surface area contributed by atoms with Crippen molar-refractivity contribution < 1.29 is 23.8 Å². The van der Waals surface area contributed by atoms with Crippen LogP contribution in [-0.4, -0.2) is 43.2 Å². The molecule has 0 aliphatic carbocycles. The summed E-state index contributed by atoms with van der Waals surface area (Å²) in [6, 6.07) is 0. The molecule has 6 heteroatoms. The minimum absolute atomic E-state index is 0.140. The van der Waals surface area contributed by atoms with Gasteiger partial charge >= 0.3 is 8.60 Å². The Bertz CT molecular complexity index is 140. The normalized spacial score (nSPS) is 23.3. The Kier molecular flexibility index (Phi) is 4.52. The Hall–Kier alpha value is 0.230. The van der Waals surface area contributed by atoms with Crippen molar-refractivity contribution in [2.75, 3.05) is 33.0 Å². The quantitative estimate of drug-likeness (QED) is 0.652. The summed E-state index contributed by atoms with van der Waals surface area (Å²) in [5.74, 6) is 0. The minimum Gasteiger partial charge on any atom is -0.396 e. The van der Waals surface area contributed by atoms with Crippen molar-refractivity contribution >= 4 is 8.60 Å². The van der Waals surface area contributed by atoms with Crippen LogP contribution in [0.1, 0.15) is 6.92 Å². The maximum absolute atomic E-state index is 9.00. The second-order valence-electron chi connectivity index (χ2n) is 3.00. The Morgan fingerprint density at radius 1 is 1.31 bits per heavy atom. The molecule has 0 atom stereocenters. The molecule has 78 valence electrons. The molecule has 0 unspecified atom stereocenters. The van der Waals surface area contributed by atoms with Crippen LogP contribution < -0.4 is 0 Å². The van der Waals surface area contributed by atoms with Crippen LogP contribution in [0.25, 0.3) is 0 Å². The summed E-state index contributed by atoms with van der Waals surface area (Å²) in [7, 11) is -1.26. The van der Waals surface area contributed by atoms with Crippen molar-refractivity contribution in [2.24, 2.45) is 5.41 Å². The van der Waals surface area contributed by atoms with Crippen molar-refractivity contribution in [2.45, 2.75) is 6.92 Å². The fourth-order valence-electron chi connectivity index (χ4n) is 0.871. The summed E-state index contributed by atoms with van der Waals surface area (Å²) >= 11 is 0. The molecule has 0 spiro atoms. The lowest BCUT2D eigenvalue weighted by molar-refractivity contribution is -0.0568. The lowest BCUT2D eigenvalue weighted by Gasteiger charge is -2.35. The van der Waals surface area contributed by atoms with Crippen LogP contribution in [-0.2, 0) is 13.6 Å². The molecule has 0 bridgehead atoms. The first-order valence-corrected chi connectivity index (χ1v) is 5.26. The van der Waals surface area contributed by atoms with Crippen LogP contribution in [0.4, 0.5) is 0 Å². The molecule has 0 amide bonds. The summed E-state index contributed by atoms with van der Waals surface area (Å²) in [5, 5.41) is 18.0. The molecule has 13 heavy (non-hydrogen) atoms. The maximum atomic E-state index is 9.00. The second kappa shape index (κ2) is 5.20. The molecule has 2 N–H and O–H groups in total. The Labute approximate surface area is 78.6 Å². The van der Waals surface area contributed by atoms with Crippen LogP contribution >= 0.6 is 8.60 Å². The zero-order valence-electron chi connectivity index (χ0n) is 7.60. The Morgan fingerprint density at radius 3 is 2.23 bits per heavy atom. The van der Waals surface area contributed by atoms with E-state index in [0.717, 1.165) is 0 Å². The Balaban J connectivity index is 2.36. The molecule has 1 saturated heterocycles. The van der Waals surface area contributed by atoms with Gasteiger partial charge < -0.3 is 23.8 Å². The molecule has 0 aromatic heterocycles. The number of aliphatic hydroxyl groups excluding tert-OH is 2. The van der Waals surface area contributed by atoms with Crippen LogP contribution in [0.15, 0.2) is 0 Å². The van der Waals surface area contributed by atoms with Crippen molar-refractivity contribution in [3.63, 3.8) is 0 Å². The van der Waals surface area contributed by atoms with E-state index in [1.165, 1.54) is 0 Å². The van der Waals surface area contributed by atoms with Gasteiger partial charge in [-0.05, 0) is 6.92 Å². The molecule has 5 nitrogen and oxygen atoms in total. The van der Waals surface area contributed by atoms with E-state index in [9.17, 15) is 0 Å². The number of rotatable bonds is 4. The molecule has 0 saturated carbocycles. The molecule has 1 aliphatic heterocycles. The number of aliphatic hydroxyl groups is 2. The van der Waals surface area contributed by atoms with Crippen molar-refractivity contribution in [1.82, 2.24) is 0 Å². The van der Waals surface area contributed by atoms with Gasteiger partial charge in [-0.2, -0.15) is 0 Å². The topological polar surface area (TPSA) is 68.2 Å². The SMILES string of the molecule is CCOP1OCC(CO)(CO)CO1. The average Bonchev–Trinajstić information content (AvgIpc) is 2.20. The van der Waals surface area contributed by atoms with Gasteiger partial charge in [0.1, 0.15) is 0 Å². The van der Waals surface area contributed by atoms with E-state index in [4.69, 9.17) is 23.8 Å². The molecular formula is C7H15O5P. The first-order valence-electron chi connectivity index (χ1n) is 4.17. The molecule has 0 radical (unpaired) electrons. The standard InChI is InChI=1S/C7H15O5P/c1-2-10-13-11-5-7(3-8,4-9)6-12-13/h8-9H,2-6H2,1H3. The Morgan fingerprint density at radius 2 is 1.85 bits per heavy atom. The van der Waals surface area contributed by atoms with E-state index in [1.807, 2.05) is 6.92 Å². The zero-order valence-corrected chi connectivity index (χ0v) is 8.50. The molecule has 0 aromatic carbocycles. The molecule has 1 fully saturated rings. The fraction of sp³-hybridized carbons (Fsp3) is 1.00. The van der Waals surface area contributed by atoms with Crippen LogP contribution in [0.5, 0.6) is 0 Å². The third kappa shape index (κ3) is 2.84. The summed E-state index contributed by atoms with van der Waals surface area (Å²) in [5.41, 5.74) is -0.657. The highest BCUT2D eigenvalue weighted by Crippen LogP contribution is 2.46. The van der Waals surface area contributed by atoms with Crippen LogP contribution in [0, 0.1) is 5.41 Å². The predicted molar refractivity (Wildman–Crippen MR) is 47.1 cm³/mol. The first kappa shape index (κ1) is 11.3. The van der Waals surface area contributed by atoms with Gasteiger partial charge in [0.25, 0.3) is 0 Å². The molecule has 1 rings (SSSR count). The lowest BCUT2D eigenvalue weighted by atomic mass is 9.93. The number of hydrogen-bond donors (Lipinski definition) is 2. The molecular weight excluding hydrogens is 195 g/mol. The van der Waals surface area contributed by atoms with Gasteiger partial charge in [-0.25, -0.2) is 0 Å². The third-order valence-electron chi connectivity index (χ3n) is 1.86. The highest BCUT2D eigenvalue weighted by Gasteiger charge is 2.37. The van der Waals surface area contributed by atoms with Gasteiger partial charge in [-0.15, -0.1) is 0 Å². The van der Waals surface area contributed by atoms with Crippen LogP contribution in [0.2, 0.25) is 0 Å². The first-order chi connectivity index (χ1) is 6.26. The largest absolute Gasteiger partial charge is 0.396 e. The number of hydrogen-bond acceptors (Lipinski definition) is 5. The highest BCUT2D eigenvalue weighted by atomic mass is 31.2.